The van der Waals surface area contributed by atoms with E-state index in [-0.39, 0.29) is 0 Å². The minimum atomic E-state index is 0.646. The lowest BCUT2D eigenvalue weighted by Crippen LogP contribution is -2.19. The van der Waals surface area contributed by atoms with Gasteiger partial charge in [-0.15, -0.1) is 0 Å². The molecule has 2 heterocycles. The lowest BCUT2D eigenvalue weighted by atomic mass is 10.0. The van der Waals surface area contributed by atoms with Crippen molar-refractivity contribution in [3.05, 3.63) is 35.5 Å². The molecule has 110 valence electrons. The predicted octanol–water partition coefficient (Wildman–Crippen LogP) is 5.12. The van der Waals surface area contributed by atoms with E-state index in [2.05, 4.69) is 29.6 Å². The maximum atomic E-state index is 4.87. The first-order valence-electron chi connectivity index (χ1n) is 8.16. The summed E-state index contributed by atoms with van der Waals surface area (Å²) in [6.45, 7) is 0. The second-order valence-corrected chi connectivity index (χ2v) is 7.24. The van der Waals surface area contributed by atoms with Gasteiger partial charge in [-0.25, -0.2) is 0 Å². The van der Waals surface area contributed by atoms with Gasteiger partial charge in [-0.2, -0.15) is 11.8 Å². The monoisotopic (exact) mass is 298 g/mol. The summed E-state index contributed by atoms with van der Waals surface area (Å²) in [5, 5.41) is 5.22. The van der Waals surface area contributed by atoms with E-state index in [1.807, 2.05) is 11.8 Å². The fourth-order valence-corrected chi connectivity index (χ4v) is 4.67. The van der Waals surface area contributed by atoms with Crippen LogP contribution in [0, 0.1) is 0 Å². The number of benzene rings is 1. The van der Waals surface area contributed by atoms with Crippen LogP contribution in [0.4, 0.5) is 5.69 Å². The van der Waals surface area contributed by atoms with Crippen molar-refractivity contribution in [2.24, 2.45) is 0 Å². The third-order valence-electron chi connectivity index (χ3n) is 4.77. The van der Waals surface area contributed by atoms with Gasteiger partial charge >= 0.3 is 0 Å². The Bertz CT molecular complexity index is 645. The zero-order valence-corrected chi connectivity index (χ0v) is 13.2. The molecule has 0 saturated heterocycles. The number of hydrogen-bond acceptors (Lipinski definition) is 3. The van der Waals surface area contributed by atoms with Crippen molar-refractivity contribution in [2.75, 3.05) is 5.32 Å². The molecule has 2 nitrogen and oxygen atoms in total. The maximum absolute atomic E-state index is 4.87. The van der Waals surface area contributed by atoms with Crippen molar-refractivity contribution in [3.63, 3.8) is 0 Å². The average molecular weight is 298 g/mol. The highest BCUT2D eigenvalue weighted by Gasteiger charge is 2.22. The molecular formula is C18H22N2S. The maximum Gasteiger partial charge on any atom is 0.0726 e. The standard InChI is InChI=1S/C18H22N2S/c1-2-4-8-13(7-3-1)19-18-14-9-5-6-10-16(14)20-17-12-21-11-15(17)18/h5-6,9-10,13H,1-4,7-8,11-12H2,(H,19,20). The molecule has 1 N–H and O–H groups in total. The molecule has 0 bridgehead atoms. The van der Waals surface area contributed by atoms with Crippen molar-refractivity contribution in [1.82, 2.24) is 4.98 Å². The van der Waals surface area contributed by atoms with E-state index < -0.39 is 0 Å². The molecule has 0 unspecified atom stereocenters. The van der Waals surface area contributed by atoms with Crippen molar-refractivity contribution in [2.45, 2.75) is 56.1 Å². The van der Waals surface area contributed by atoms with Gasteiger partial charge in [-0.1, -0.05) is 43.9 Å². The van der Waals surface area contributed by atoms with Crippen molar-refractivity contribution < 1.29 is 0 Å². The SMILES string of the molecule is c1ccc2c(NC3CCCCCC3)c3c(nc2c1)CSC3. The zero-order chi connectivity index (χ0) is 14.1. The first-order chi connectivity index (χ1) is 10.4. The number of thioether (sulfide) groups is 1. The van der Waals surface area contributed by atoms with E-state index in [1.54, 1.807) is 0 Å². The molecule has 21 heavy (non-hydrogen) atoms. The molecule has 2 aromatic rings. The Morgan fingerprint density at radius 3 is 2.67 bits per heavy atom. The molecule has 2 aliphatic rings. The van der Waals surface area contributed by atoms with Crippen LogP contribution in [-0.4, -0.2) is 11.0 Å². The summed E-state index contributed by atoms with van der Waals surface area (Å²) in [7, 11) is 0. The molecule has 0 atom stereocenters. The van der Waals surface area contributed by atoms with Gasteiger partial charge in [0, 0.05) is 34.2 Å². The minimum Gasteiger partial charge on any atom is -0.381 e. The number of anilines is 1. The van der Waals surface area contributed by atoms with Crippen LogP contribution in [-0.2, 0) is 11.5 Å². The Balaban J connectivity index is 1.75. The Morgan fingerprint density at radius 1 is 1.00 bits per heavy atom. The van der Waals surface area contributed by atoms with E-state index in [4.69, 9.17) is 4.98 Å². The molecular weight excluding hydrogens is 276 g/mol. The molecule has 1 fully saturated rings. The molecule has 0 amide bonds. The van der Waals surface area contributed by atoms with Gasteiger partial charge in [0.05, 0.1) is 11.2 Å². The van der Waals surface area contributed by atoms with Crippen molar-refractivity contribution in [1.29, 1.82) is 0 Å². The van der Waals surface area contributed by atoms with Crippen LogP contribution >= 0.6 is 11.8 Å². The van der Waals surface area contributed by atoms with Crippen LogP contribution < -0.4 is 5.32 Å². The normalized spacial score (nSPS) is 19.4. The highest BCUT2D eigenvalue weighted by atomic mass is 32.2. The number of nitrogens with zero attached hydrogens (tertiary/aromatic N) is 1. The zero-order valence-electron chi connectivity index (χ0n) is 12.4. The number of rotatable bonds is 2. The number of fused-ring (bicyclic) bond motifs is 2. The van der Waals surface area contributed by atoms with Gasteiger partial charge in [0.2, 0.25) is 0 Å². The quantitative estimate of drug-likeness (QED) is 0.779. The summed E-state index contributed by atoms with van der Waals surface area (Å²) in [6.07, 6.45) is 8.19. The molecule has 1 saturated carbocycles. The lowest BCUT2D eigenvalue weighted by Gasteiger charge is -2.21. The largest absolute Gasteiger partial charge is 0.381 e. The lowest BCUT2D eigenvalue weighted by molar-refractivity contribution is 0.620. The highest BCUT2D eigenvalue weighted by molar-refractivity contribution is 7.98. The van der Waals surface area contributed by atoms with Crippen LogP contribution in [0.1, 0.15) is 49.8 Å². The number of aromatic nitrogens is 1. The number of pyridine rings is 1. The average Bonchev–Trinajstić information content (AvgIpc) is 2.83. The fourth-order valence-electron chi connectivity index (χ4n) is 3.62. The summed E-state index contributed by atoms with van der Waals surface area (Å²) in [5.74, 6) is 2.18. The summed E-state index contributed by atoms with van der Waals surface area (Å²) in [6, 6.07) is 9.25. The third-order valence-corrected chi connectivity index (χ3v) is 5.74. The topological polar surface area (TPSA) is 24.9 Å². The van der Waals surface area contributed by atoms with E-state index in [0.717, 1.165) is 17.0 Å². The molecule has 1 aromatic carbocycles. The molecule has 3 heteroatoms. The Hall–Kier alpha value is -1.22. The predicted molar refractivity (Wildman–Crippen MR) is 91.9 cm³/mol. The summed E-state index contributed by atoms with van der Waals surface area (Å²) >= 11 is 1.99. The molecule has 0 radical (unpaired) electrons. The second-order valence-electron chi connectivity index (χ2n) is 6.25. The summed E-state index contributed by atoms with van der Waals surface area (Å²) in [5.41, 5.74) is 5.29. The Morgan fingerprint density at radius 2 is 1.81 bits per heavy atom. The van der Waals surface area contributed by atoms with Gasteiger partial charge in [-0.05, 0) is 18.9 Å². The highest BCUT2D eigenvalue weighted by Crippen LogP contribution is 2.39. The molecule has 4 rings (SSSR count). The first kappa shape index (κ1) is 13.4. The van der Waals surface area contributed by atoms with Crippen molar-refractivity contribution >= 4 is 28.4 Å². The second kappa shape index (κ2) is 5.88. The molecule has 0 spiro atoms. The van der Waals surface area contributed by atoms with Crippen LogP contribution in [0.25, 0.3) is 10.9 Å². The molecule has 1 aromatic heterocycles. The van der Waals surface area contributed by atoms with E-state index in [1.165, 1.54) is 60.9 Å². The van der Waals surface area contributed by atoms with Gasteiger partial charge < -0.3 is 5.32 Å². The van der Waals surface area contributed by atoms with E-state index in [9.17, 15) is 0 Å². The van der Waals surface area contributed by atoms with Gasteiger partial charge in [0.1, 0.15) is 0 Å². The van der Waals surface area contributed by atoms with Crippen LogP contribution in [0.3, 0.4) is 0 Å². The fraction of sp³-hybridized carbons (Fsp3) is 0.500. The van der Waals surface area contributed by atoms with Gasteiger partial charge in [0.25, 0.3) is 0 Å². The first-order valence-corrected chi connectivity index (χ1v) is 9.32. The van der Waals surface area contributed by atoms with Gasteiger partial charge in [0.15, 0.2) is 0 Å². The van der Waals surface area contributed by atoms with Crippen LogP contribution in [0.2, 0.25) is 0 Å². The van der Waals surface area contributed by atoms with Gasteiger partial charge in [-0.3, -0.25) is 4.98 Å². The Kier molecular flexibility index (Phi) is 3.76. The minimum absolute atomic E-state index is 0.646. The molecule has 1 aliphatic heterocycles. The number of para-hydroxylation sites is 1. The van der Waals surface area contributed by atoms with E-state index >= 15 is 0 Å². The number of nitrogens with one attached hydrogen (secondary N) is 1. The summed E-state index contributed by atoms with van der Waals surface area (Å²) < 4.78 is 0. The van der Waals surface area contributed by atoms with Crippen LogP contribution in [0.5, 0.6) is 0 Å². The number of hydrogen-bond donors (Lipinski definition) is 1. The van der Waals surface area contributed by atoms with Crippen LogP contribution in [0.15, 0.2) is 24.3 Å². The van der Waals surface area contributed by atoms with Crippen molar-refractivity contribution in [3.8, 4) is 0 Å². The van der Waals surface area contributed by atoms with E-state index in [0.29, 0.717) is 6.04 Å². The summed E-state index contributed by atoms with van der Waals surface area (Å²) in [4.78, 5) is 4.87. The smallest absolute Gasteiger partial charge is 0.0726 e. The Labute approximate surface area is 130 Å². The molecule has 1 aliphatic carbocycles. The third kappa shape index (κ3) is 2.64.